The second-order valence-corrected chi connectivity index (χ2v) is 14.8. The second-order valence-electron chi connectivity index (χ2n) is 13.4. The van der Waals surface area contributed by atoms with Gasteiger partial charge in [0.25, 0.3) is 0 Å². The van der Waals surface area contributed by atoms with E-state index in [4.69, 9.17) is 24.3 Å². The predicted octanol–water partition coefficient (Wildman–Crippen LogP) is 9.97. The number of phosphoric acid groups is 1. The molecule has 0 aromatic carbocycles. The maximum atomic E-state index is 12.5. The highest BCUT2D eigenvalue weighted by Crippen LogP contribution is 2.43. The second kappa shape index (κ2) is 36.5. The van der Waals surface area contributed by atoms with Gasteiger partial charge in [-0.25, -0.2) is 4.57 Å². The molecule has 0 amide bonds. The Balaban J connectivity index is 4.38. The predicted molar refractivity (Wildman–Crippen MR) is 207 cm³/mol. The van der Waals surface area contributed by atoms with E-state index >= 15 is 0 Å². The Morgan fingerprint density at radius 2 is 1.25 bits per heavy atom. The van der Waals surface area contributed by atoms with Crippen LogP contribution in [-0.2, 0) is 32.7 Å². The van der Waals surface area contributed by atoms with Gasteiger partial charge in [0.05, 0.1) is 19.3 Å². The molecule has 298 valence electrons. The zero-order valence-corrected chi connectivity index (χ0v) is 33.1. The number of phosphoric ester groups is 1. The van der Waals surface area contributed by atoms with Crippen molar-refractivity contribution >= 4 is 19.8 Å². The van der Waals surface area contributed by atoms with Crippen molar-refractivity contribution in [2.24, 2.45) is 5.73 Å². The van der Waals surface area contributed by atoms with Crippen molar-refractivity contribution < 1.29 is 42.7 Å². The number of rotatable bonds is 37. The summed E-state index contributed by atoms with van der Waals surface area (Å²) in [6.07, 6.45) is 34.9. The first-order chi connectivity index (χ1) is 24.7. The van der Waals surface area contributed by atoms with Gasteiger partial charge in [0.1, 0.15) is 6.61 Å². The Hall–Kier alpha value is -1.81. The standard InChI is InChI=1S/C40H74NO9P/c1-3-5-7-9-11-13-15-17-18-20-22-24-26-29-37(42)30-28-32-39(43)47-35-38(36-49-51(45,46)48-34-33-41)50-40(44)31-27-25-23-21-19-16-14-12-10-8-6-4-2/h17-18,22,24,26,29,37-38,42H,3-16,19-21,23,25,27-28,30-36,41H2,1-2H3,(H,45,46)/b18-17+,24-22+,29-26+/t37?,38-/m1/s1. The number of aliphatic hydroxyl groups is 1. The van der Waals surface area contributed by atoms with Crippen molar-refractivity contribution in [1.82, 2.24) is 0 Å². The van der Waals surface area contributed by atoms with Crippen LogP contribution in [-0.4, -0.2) is 60.5 Å². The molecule has 0 bridgehead atoms. The van der Waals surface area contributed by atoms with E-state index < -0.39 is 38.6 Å². The van der Waals surface area contributed by atoms with Crippen LogP contribution in [0.3, 0.4) is 0 Å². The van der Waals surface area contributed by atoms with Gasteiger partial charge in [0.15, 0.2) is 6.10 Å². The lowest BCUT2D eigenvalue weighted by molar-refractivity contribution is -0.161. The molecule has 0 aliphatic carbocycles. The summed E-state index contributed by atoms with van der Waals surface area (Å²) >= 11 is 0. The van der Waals surface area contributed by atoms with Crippen LogP contribution >= 0.6 is 7.82 Å². The van der Waals surface area contributed by atoms with Crippen LogP contribution in [0.25, 0.3) is 0 Å². The van der Waals surface area contributed by atoms with Gasteiger partial charge >= 0.3 is 19.8 Å². The summed E-state index contributed by atoms with van der Waals surface area (Å²) < 4.78 is 32.5. The summed E-state index contributed by atoms with van der Waals surface area (Å²) in [4.78, 5) is 34.7. The van der Waals surface area contributed by atoms with E-state index in [0.29, 0.717) is 19.3 Å². The molecule has 3 atom stereocenters. The molecular weight excluding hydrogens is 669 g/mol. The Labute approximate surface area is 310 Å². The number of carbonyl (C=O) groups is 2. The van der Waals surface area contributed by atoms with Crippen LogP contribution in [0.15, 0.2) is 36.5 Å². The number of nitrogens with two attached hydrogens (primary N) is 1. The molecule has 0 rings (SSSR count). The molecule has 0 fully saturated rings. The number of carbonyl (C=O) groups excluding carboxylic acids is 2. The third-order valence-corrected chi connectivity index (χ3v) is 9.37. The van der Waals surface area contributed by atoms with Gasteiger partial charge in [-0.05, 0) is 38.5 Å². The molecule has 0 saturated carbocycles. The summed E-state index contributed by atoms with van der Waals surface area (Å²) in [5.41, 5.74) is 5.32. The monoisotopic (exact) mass is 744 g/mol. The first-order valence-electron chi connectivity index (χ1n) is 20.1. The number of esters is 2. The van der Waals surface area contributed by atoms with Crippen LogP contribution < -0.4 is 5.73 Å². The quantitative estimate of drug-likeness (QED) is 0.0184. The number of hydrogen-bond acceptors (Lipinski definition) is 9. The van der Waals surface area contributed by atoms with Crippen molar-refractivity contribution in [3.8, 4) is 0 Å². The molecule has 0 heterocycles. The molecule has 51 heavy (non-hydrogen) atoms. The Morgan fingerprint density at radius 1 is 0.686 bits per heavy atom. The number of allylic oxidation sites excluding steroid dienone is 5. The molecule has 4 N–H and O–H groups in total. The molecule has 0 aromatic heterocycles. The molecular formula is C40H74NO9P. The molecule has 0 radical (unpaired) electrons. The van der Waals surface area contributed by atoms with E-state index in [1.165, 1.54) is 89.9 Å². The van der Waals surface area contributed by atoms with Gasteiger partial charge in [-0.15, -0.1) is 0 Å². The average molecular weight is 744 g/mol. The van der Waals surface area contributed by atoms with E-state index in [9.17, 15) is 24.2 Å². The topological polar surface area (TPSA) is 155 Å². The largest absolute Gasteiger partial charge is 0.472 e. The van der Waals surface area contributed by atoms with E-state index in [2.05, 4.69) is 26.0 Å². The Kier molecular flexibility index (Phi) is 35.2. The fourth-order valence-electron chi connectivity index (χ4n) is 5.35. The third kappa shape index (κ3) is 36.3. The summed E-state index contributed by atoms with van der Waals surface area (Å²) in [6, 6.07) is 0. The fraction of sp³-hybridized carbons (Fsp3) is 0.800. The van der Waals surface area contributed by atoms with Gasteiger partial charge in [-0.1, -0.05) is 153 Å². The molecule has 10 nitrogen and oxygen atoms in total. The van der Waals surface area contributed by atoms with E-state index in [1.54, 1.807) is 12.2 Å². The lowest BCUT2D eigenvalue weighted by Crippen LogP contribution is -2.29. The molecule has 0 aromatic rings. The highest BCUT2D eigenvalue weighted by molar-refractivity contribution is 7.47. The fourth-order valence-corrected chi connectivity index (χ4v) is 6.11. The van der Waals surface area contributed by atoms with Crippen LogP contribution in [0, 0.1) is 0 Å². The van der Waals surface area contributed by atoms with Crippen molar-refractivity contribution in [3.63, 3.8) is 0 Å². The summed E-state index contributed by atoms with van der Waals surface area (Å²) in [5, 5.41) is 10.2. The number of hydrogen-bond donors (Lipinski definition) is 3. The summed E-state index contributed by atoms with van der Waals surface area (Å²) in [6.45, 7) is 3.49. The maximum Gasteiger partial charge on any atom is 0.472 e. The van der Waals surface area contributed by atoms with Gasteiger partial charge in [0, 0.05) is 19.4 Å². The molecule has 0 aliphatic rings. The first-order valence-corrected chi connectivity index (χ1v) is 21.6. The molecule has 0 spiro atoms. The molecule has 11 heteroatoms. The van der Waals surface area contributed by atoms with E-state index in [0.717, 1.165) is 32.1 Å². The van der Waals surface area contributed by atoms with Crippen molar-refractivity contribution in [3.05, 3.63) is 36.5 Å². The van der Waals surface area contributed by atoms with Crippen LogP contribution in [0.5, 0.6) is 0 Å². The molecule has 0 saturated heterocycles. The minimum absolute atomic E-state index is 0.0289. The van der Waals surface area contributed by atoms with Gasteiger partial charge in [-0.2, -0.15) is 0 Å². The minimum Gasteiger partial charge on any atom is -0.462 e. The van der Waals surface area contributed by atoms with Gasteiger partial charge < -0.3 is 25.2 Å². The Morgan fingerprint density at radius 3 is 1.86 bits per heavy atom. The maximum absolute atomic E-state index is 12.5. The smallest absolute Gasteiger partial charge is 0.462 e. The van der Waals surface area contributed by atoms with E-state index in [-0.39, 0.29) is 32.6 Å². The highest BCUT2D eigenvalue weighted by Gasteiger charge is 2.26. The van der Waals surface area contributed by atoms with Gasteiger partial charge in [-0.3, -0.25) is 18.6 Å². The average Bonchev–Trinajstić information content (AvgIpc) is 3.11. The summed E-state index contributed by atoms with van der Waals surface area (Å²) in [5.74, 6) is -1.03. The SMILES string of the molecule is CCCCCCCC/C=C/C/C=C/C=C/C(O)CCCC(=O)OC[C@H](COP(=O)(O)OCCN)OC(=O)CCCCCCCCCCCCCC. The van der Waals surface area contributed by atoms with Gasteiger partial charge in [0.2, 0.25) is 0 Å². The lowest BCUT2D eigenvalue weighted by Gasteiger charge is -2.20. The third-order valence-electron chi connectivity index (χ3n) is 8.38. The lowest BCUT2D eigenvalue weighted by atomic mass is 10.0. The zero-order chi connectivity index (χ0) is 37.7. The van der Waals surface area contributed by atoms with Crippen molar-refractivity contribution in [1.29, 1.82) is 0 Å². The van der Waals surface area contributed by atoms with Crippen LogP contribution in [0.2, 0.25) is 0 Å². The highest BCUT2D eigenvalue weighted by atomic mass is 31.2. The summed E-state index contributed by atoms with van der Waals surface area (Å²) in [7, 11) is -4.41. The normalized spacial score (nSPS) is 14.4. The van der Waals surface area contributed by atoms with Crippen molar-refractivity contribution in [2.45, 2.75) is 180 Å². The van der Waals surface area contributed by atoms with Crippen molar-refractivity contribution in [2.75, 3.05) is 26.4 Å². The number of unbranched alkanes of at least 4 members (excludes halogenated alkanes) is 17. The van der Waals surface area contributed by atoms with Crippen LogP contribution in [0.4, 0.5) is 0 Å². The van der Waals surface area contributed by atoms with E-state index in [1.807, 2.05) is 12.2 Å². The zero-order valence-electron chi connectivity index (χ0n) is 32.2. The molecule has 0 aliphatic heterocycles. The Bertz CT molecular complexity index is 956. The van der Waals surface area contributed by atoms with Crippen LogP contribution in [0.1, 0.15) is 168 Å². The molecule has 2 unspecified atom stereocenters. The first kappa shape index (κ1) is 49.2. The minimum atomic E-state index is -4.41. The number of ether oxygens (including phenoxy) is 2. The number of aliphatic hydroxyl groups excluding tert-OH is 1.